The SMILES string of the molecule is CCCOCCOC(=O)c1cnc(Cl)c2ccccc12. The van der Waals surface area contributed by atoms with Gasteiger partial charge in [0.2, 0.25) is 0 Å². The molecule has 0 aliphatic rings. The fourth-order valence-electron chi connectivity index (χ4n) is 1.84. The van der Waals surface area contributed by atoms with Gasteiger partial charge in [0.1, 0.15) is 11.8 Å². The van der Waals surface area contributed by atoms with Crippen molar-refractivity contribution < 1.29 is 14.3 Å². The van der Waals surface area contributed by atoms with Crippen LogP contribution in [-0.4, -0.2) is 30.8 Å². The van der Waals surface area contributed by atoms with Crippen molar-refractivity contribution >= 4 is 28.3 Å². The van der Waals surface area contributed by atoms with E-state index in [1.807, 2.05) is 31.2 Å². The van der Waals surface area contributed by atoms with Crippen LogP contribution in [0.3, 0.4) is 0 Å². The molecule has 0 saturated heterocycles. The Bertz CT molecular complexity index is 601. The van der Waals surface area contributed by atoms with Crippen molar-refractivity contribution in [2.24, 2.45) is 0 Å². The normalized spacial score (nSPS) is 10.7. The molecule has 1 heterocycles. The maximum Gasteiger partial charge on any atom is 0.340 e. The van der Waals surface area contributed by atoms with Crippen molar-refractivity contribution in [1.29, 1.82) is 0 Å². The second kappa shape index (κ2) is 7.22. The van der Waals surface area contributed by atoms with Crippen molar-refractivity contribution in [2.75, 3.05) is 19.8 Å². The van der Waals surface area contributed by atoms with Gasteiger partial charge >= 0.3 is 5.97 Å². The Kier molecular flexibility index (Phi) is 5.32. The monoisotopic (exact) mass is 293 g/mol. The van der Waals surface area contributed by atoms with E-state index in [0.717, 1.165) is 17.2 Å². The number of pyridine rings is 1. The first-order chi connectivity index (χ1) is 9.74. The second-order valence-corrected chi connectivity index (χ2v) is 4.61. The number of rotatable bonds is 6. The van der Waals surface area contributed by atoms with Crippen LogP contribution in [0.15, 0.2) is 30.5 Å². The number of halogens is 1. The van der Waals surface area contributed by atoms with E-state index >= 15 is 0 Å². The maximum absolute atomic E-state index is 12.0. The van der Waals surface area contributed by atoms with Gasteiger partial charge in [-0.15, -0.1) is 0 Å². The van der Waals surface area contributed by atoms with Crippen LogP contribution in [0.25, 0.3) is 10.8 Å². The molecule has 0 aliphatic carbocycles. The number of ether oxygens (including phenoxy) is 2. The number of benzene rings is 1. The first-order valence-electron chi connectivity index (χ1n) is 6.52. The Morgan fingerprint density at radius 2 is 1.95 bits per heavy atom. The number of carbonyl (C=O) groups excluding carboxylic acids is 1. The van der Waals surface area contributed by atoms with E-state index < -0.39 is 5.97 Å². The third-order valence-corrected chi connectivity index (χ3v) is 3.08. The van der Waals surface area contributed by atoms with E-state index in [2.05, 4.69) is 4.98 Å². The number of fused-ring (bicyclic) bond motifs is 1. The highest BCUT2D eigenvalue weighted by atomic mass is 35.5. The van der Waals surface area contributed by atoms with Crippen LogP contribution in [0.4, 0.5) is 0 Å². The van der Waals surface area contributed by atoms with Gasteiger partial charge in [-0.2, -0.15) is 0 Å². The third kappa shape index (κ3) is 3.46. The van der Waals surface area contributed by atoms with E-state index in [9.17, 15) is 4.79 Å². The average molecular weight is 294 g/mol. The molecule has 0 amide bonds. The highest BCUT2D eigenvalue weighted by Crippen LogP contribution is 2.24. The Balaban J connectivity index is 2.09. The summed E-state index contributed by atoms with van der Waals surface area (Å²) in [6, 6.07) is 7.35. The first-order valence-corrected chi connectivity index (χ1v) is 6.90. The summed E-state index contributed by atoms with van der Waals surface area (Å²) in [4.78, 5) is 16.1. The lowest BCUT2D eigenvalue weighted by molar-refractivity contribution is 0.0320. The van der Waals surface area contributed by atoms with Gasteiger partial charge < -0.3 is 9.47 Å². The summed E-state index contributed by atoms with van der Waals surface area (Å²) in [6.45, 7) is 3.33. The van der Waals surface area contributed by atoms with Crippen molar-refractivity contribution in [3.63, 3.8) is 0 Å². The Hall–Kier alpha value is -1.65. The van der Waals surface area contributed by atoms with Gasteiger partial charge in [-0.1, -0.05) is 42.8 Å². The number of carbonyl (C=O) groups is 1. The van der Waals surface area contributed by atoms with E-state index in [1.165, 1.54) is 6.20 Å². The molecule has 1 aromatic heterocycles. The van der Waals surface area contributed by atoms with Gasteiger partial charge in [-0.05, 0) is 6.42 Å². The van der Waals surface area contributed by atoms with Crippen LogP contribution in [0, 0.1) is 0 Å². The fraction of sp³-hybridized carbons (Fsp3) is 0.333. The lowest BCUT2D eigenvalue weighted by Crippen LogP contribution is -2.12. The zero-order chi connectivity index (χ0) is 14.4. The third-order valence-electron chi connectivity index (χ3n) is 2.78. The van der Waals surface area contributed by atoms with Gasteiger partial charge in [-0.25, -0.2) is 9.78 Å². The van der Waals surface area contributed by atoms with Crippen LogP contribution >= 0.6 is 11.6 Å². The zero-order valence-corrected chi connectivity index (χ0v) is 12.0. The van der Waals surface area contributed by atoms with Gasteiger partial charge in [0.15, 0.2) is 0 Å². The van der Waals surface area contributed by atoms with Gasteiger partial charge in [0.05, 0.1) is 12.2 Å². The standard InChI is InChI=1S/C15H16ClNO3/c1-2-7-19-8-9-20-15(18)13-10-17-14(16)12-6-4-3-5-11(12)13/h3-6,10H,2,7-9H2,1H3. The van der Waals surface area contributed by atoms with Crippen molar-refractivity contribution in [1.82, 2.24) is 4.98 Å². The van der Waals surface area contributed by atoms with Crippen LogP contribution in [0.2, 0.25) is 5.15 Å². The second-order valence-electron chi connectivity index (χ2n) is 4.26. The van der Waals surface area contributed by atoms with Gasteiger partial charge in [0, 0.05) is 23.6 Å². The first kappa shape index (κ1) is 14.8. The average Bonchev–Trinajstić information content (AvgIpc) is 2.47. The van der Waals surface area contributed by atoms with E-state index in [1.54, 1.807) is 0 Å². The van der Waals surface area contributed by atoms with Gasteiger partial charge in [0.25, 0.3) is 0 Å². The molecule has 2 rings (SSSR count). The molecule has 1 aromatic carbocycles. The molecule has 5 heteroatoms. The highest BCUT2D eigenvalue weighted by Gasteiger charge is 2.13. The molecule has 0 bridgehead atoms. The van der Waals surface area contributed by atoms with Crippen LogP contribution < -0.4 is 0 Å². The van der Waals surface area contributed by atoms with Crippen molar-refractivity contribution in [3.8, 4) is 0 Å². The van der Waals surface area contributed by atoms with Crippen molar-refractivity contribution in [3.05, 3.63) is 41.2 Å². The highest BCUT2D eigenvalue weighted by molar-refractivity contribution is 6.34. The van der Waals surface area contributed by atoms with Crippen LogP contribution in [0.1, 0.15) is 23.7 Å². The number of esters is 1. The molecule has 0 N–H and O–H groups in total. The smallest absolute Gasteiger partial charge is 0.340 e. The molecule has 20 heavy (non-hydrogen) atoms. The molecule has 0 radical (unpaired) electrons. The van der Waals surface area contributed by atoms with Gasteiger partial charge in [-0.3, -0.25) is 0 Å². The number of hydrogen-bond acceptors (Lipinski definition) is 4. The molecule has 0 fully saturated rings. The quantitative estimate of drug-likeness (QED) is 0.465. The van der Waals surface area contributed by atoms with Crippen LogP contribution in [0.5, 0.6) is 0 Å². The summed E-state index contributed by atoms with van der Waals surface area (Å²) in [5, 5.41) is 1.86. The molecule has 0 aliphatic heterocycles. The topological polar surface area (TPSA) is 48.4 Å². The molecule has 0 spiro atoms. The van der Waals surface area contributed by atoms with Crippen LogP contribution in [-0.2, 0) is 9.47 Å². The summed E-state index contributed by atoms with van der Waals surface area (Å²) < 4.78 is 10.4. The Morgan fingerprint density at radius 1 is 1.20 bits per heavy atom. The molecule has 0 atom stereocenters. The molecule has 0 unspecified atom stereocenters. The maximum atomic E-state index is 12.0. The van der Waals surface area contributed by atoms with E-state index in [4.69, 9.17) is 21.1 Å². The van der Waals surface area contributed by atoms with Crippen molar-refractivity contribution in [2.45, 2.75) is 13.3 Å². The van der Waals surface area contributed by atoms with E-state index in [0.29, 0.717) is 23.9 Å². The molecule has 106 valence electrons. The number of hydrogen-bond donors (Lipinski definition) is 0. The zero-order valence-electron chi connectivity index (χ0n) is 11.3. The summed E-state index contributed by atoms with van der Waals surface area (Å²) >= 11 is 6.01. The fourth-order valence-corrected chi connectivity index (χ4v) is 2.05. The summed E-state index contributed by atoms with van der Waals surface area (Å²) in [5.41, 5.74) is 0.417. The lowest BCUT2D eigenvalue weighted by Gasteiger charge is -2.08. The molecule has 0 saturated carbocycles. The van der Waals surface area contributed by atoms with E-state index in [-0.39, 0.29) is 6.61 Å². The number of aromatic nitrogens is 1. The Morgan fingerprint density at radius 3 is 2.70 bits per heavy atom. The predicted octanol–water partition coefficient (Wildman–Crippen LogP) is 3.47. The summed E-state index contributed by atoms with van der Waals surface area (Å²) in [7, 11) is 0. The molecular formula is C15H16ClNO3. The lowest BCUT2D eigenvalue weighted by atomic mass is 10.1. The predicted molar refractivity (Wildman–Crippen MR) is 78.1 cm³/mol. The summed E-state index contributed by atoms with van der Waals surface area (Å²) in [6.07, 6.45) is 2.39. The Labute approximate surface area is 122 Å². The largest absolute Gasteiger partial charge is 0.460 e. The molecular weight excluding hydrogens is 278 g/mol. The minimum absolute atomic E-state index is 0.232. The number of nitrogens with zero attached hydrogens (tertiary/aromatic N) is 1. The minimum Gasteiger partial charge on any atom is -0.460 e. The molecule has 4 nitrogen and oxygen atoms in total. The summed E-state index contributed by atoms with van der Waals surface area (Å²) in [5.74, 6) is -0.412. The molecule has 2 aromatic rings. The minimum atomic E-state index is -0.412.